The molecule has 3 rings (SSSR count). The van der Waals surface area contributed by atoms with Crippen molar-refractivity contribution in [2.75, 3.05) is 39.3 Å². The molecule has 2 aliphatic heterocycles. The van der Waals surface area contributed by atoms with Crippen LogP contribution in [0.25, 0.3) is 0 Å². The van der Waals surface area contributed by atoms with Gasteiger partial charge in [-0.2, -0.15) is 0 Å². The molecule has 0 radical (unpaired) electrons. The molecule has 0 aliphatic carbocycles. The van der Waals surface area contributed by atoms with E-state index in [2.05, 4.69) is 11.8 Å². The van der Waals surface area contributed by atoms with Crippen LogP contribution in [0.3, 0.4) is 0 Å². The predicted molar refractivity (Wildman–Crippen MR) is 91.1 cm³/mol. The Hall–Kier alpha value is -1.46. The van der Waals surface area contributed by atoms with Crippen LogP contribution in [0, 0.1) is 11.7 Å². The lowest BCUT2D eigenvalue weighted by Crippen LogP contribution is -2.42. The average Bonchev–Trinajstić information content (AvgIpc) is 2.61. The number of carbonyl (C=O) groups is 1. The molecular formula is C19H27FN2O2. The van der Waals surface area contributed by atoms with E-state index in [4.69, 9.17) is 4.74 Å². The minimum absolute atomic E-state index is 0.0368. The quantitative estimate of drug-likeness (QED) is 0.849. The molecule has 2 heterocycles. The third-order valence-electron chi connectivity index (χ3n) is 5.17. The van der Waals surface area contributed by atoms with Crippen LogP contribution < -0.4 is 0 Å². The monoisotopic (exact) mass is 334 g/mol. The fourth-order valence-corrected chi connectivity index (χ4v) is 3.45. The number of hydrogen-bond acceptors (Lipinski definition) is 3. The Morgan fingerprint density at radius 3 is 2.62 bits per heavy atom. The molecular weight excluding hydrogens is 307 g/mol. The zero-order valence-corrected chi connectivity index (χ0v) is 14.4. The van der Waals surface area contributed by atoms with Crippen molar-refractivity contribution in [1.82, 2.24) is 9.80 Å². The second-order valence-corrected chi connectivity index (χ2v) is 7.02. The molecule has 5 heteroatoms. The smallest absolute Gasteiger partial charge is 0.223 e. The number of hydrogen-bond donors (Lipinski definition) is 0. The lowest BCUT2D eigenvalue weighted by molar-refractivity contribution is -0.133. The largest absolute Gasteiger partial charge is 0.371 e. The number of ether oxygens (including phenoxy) is 1. The van der Waals surface area contributed by atoms with Gasteiger partial charge in [-0.05, 0) is 36.5 Å². The first kappa shape index (κ1) is 17.4. The van der Waals surface area contributed by atoms with Crippen LogP contribution in [-0.2, 0) is 9.53 Å². The summed E-state index contributed by atoms with van der Waals surface area (Å²) in [6.07, 6.45) is 2.78. The van der Waals surface area contributed by atoms with Gasteiger partial charge in [-0.15, -0.1) is 0 Å². The molecule has 0 unspecified atom stereocenters. The van der Waals surface area contributed by atoms with E-state index in [-0.39, 0.29) is 17.8 Å². The molecule has 1 aromatic rings. The highest BCUT2D eigenvalue weighted by Gasteiger charge is 2.24. The SMILES string of the molecule is CC1CCN(C(=O)CCN2CCO[C@@H](c3ccc(F)cc3)C2)CC1. The van der Waals surface area contributed by atoms with Crippen LogP contribution in [0.4, 0.5) is 4.39 Å². The molecule has 1 amide bonds. The molecule has 1 atom stereocenters. The molecule has 1 aromatic carbocycles. The molecule has 4 nitrogen and oxygen atoms in total. The third kappa shape index (κ3) is 4.54. The summed E-state index contributed by atoms with van der Waals surface area (Å²) in [4.78, 5) is 16.7. The fourth-order valence-electron chi connectivity index (χ4n) is 3.45. The van der Waals surface area contributed by atoms with Crippen LogP contribution in [0.5, 0.6) is 0 Å². The number of nitrogens with zero attached hydrogens (tertiary/aromatic N) is 2. The summed E-state index contributed by atoms with van der Waals surface area (Å²) in [5, 5.41) is 0. The van der Waals surface area contributed by atoms with Crippen molar-refractivity contribution < 1.29 is 13.9 Å². The molecule has 2 aliphatic rings. The Kier molecular flexibility index (Phi) is 5.85. The van der Waals surface area contributed by atoms with E-state index in [0.29, 0.717) is 13.0 Å². The van der Waals surface area contributed by atoms with Gasteiger partial charge in [0.2, 0.25) is 5.91 Å². The lowest BCUT2D eigenvalue weighted by Gasteiger charge is -2.34. The molecule has 0 bridgehead atoms. The van der Waals surface area contributed by atoms with E-state index in [1.54, 1.807) is 12.1 Å². The van der Waals surface area contributed by atoms with E-state index in [0.717, 1.165) is 57.0 Å². The minimum atomic E-state index is -0.229. The van der Waals surface area contributed by atoms with Gasteiger partial charge in [-0.1, -0.05) is 19.1 Å². The van der Waals surface area contributed by atoms with Gasteiger partial charge < -0.3 is 9.64 Å². The van der Waals surface area contributed by atoms with Crippen LogP contribution in [0.15, 0.2) is 24.3 Å². The third-order valence-corrected chi connectivity index (χ3v) is 5.17. The molecule has 0 spiro atoms. The minimum Gasteiger partial charge on any atom is -0.371 e. The van der Waals surface area contributed by atoms with E-state index in [1.807, 2.05) is 4.90 Å². The summed E-state index contributed by atoms with van der Waals surface area (Å²) in [6, 6.07) is 6.50. The van der Waals surface area contributed by atoms with Crippen molar-refractivity contribution >= 4 is 5.91 Å². The van der Waals surface area contributed by atoms with E-state index in [1.165, 1.54) is 12.1 Å². The number of amides is 1. The van der Waals surface area contributed by atoms with Gasteiger partial charge in [0, 0.05) is 39.1 Å². The van der Waals surface area contributed by atoms with Crippen molar-refractivity contribution in [3.63, 3.8) is 0 Å². The molecule has 0 aromatic heterocycles. The number of morpholine rings is 1. The standard InChI is InChI=1S/C19H27FN2O2/c1-15-6-10-22(11-7-15)19(23)8-9-21-12-13-24-18(14-21)16-2-4-17(20)5-3-16/h2-5,15,18H,6-14H2,1H3/t18-/m1/s1. The van der Waals surface area contributed by atoms with Gasteiger partial charge in [-0.25, -0.2) is 4.39 Å². The van der Waals surface area contributed by atoms with E-state index >= 15 is 0 Å². The number of halogens is 1. The molecule has 2 saturated heterocycles. The van der Waals surface area contributed by atoms with Crippen LogP contribution >= 0.6 is 0 Å². The van der Waals surface area contributed by atoms with Crippen molar-refractivity contribution in [3.05, 3.63) is 35.6 Å². The van der Waals surface area contributed by atoms with E-state index in [9.17, 15) is 9.18 Å². The zero-order valence-electron chi connectivity index (χ0n) is 14.4. The summed E-state index contributed by atoms with van der Waals surface area (Å²) >= 11 is 0. The number of benzene rings is 1. The molecule has 2 fully saturated rings. The zero-order chi connectivity index (χ0) is 16.9. The summed E-state index contributed by atoms with van der Waals surface area (Å²) in [5.74, 6) is 0.782. The normalized spacial score (nSPS) is 23.4. The molecule has 132 valence electrons. The van der Waals surface area contributed by atoms with Gasteiger partial charge in [0.15, 0.2) is 0 Å². The fraction of sp³-hybridized carbons (Fsp3) is 0.632. The van der Waals surface area contributed by atoms with Crippen LogP contribution in [0.1, 0.15) is 37.9 Å². The van der Waals surface area contributed by atoms with Crippen molar-refractivity contribution in [2.45, 2.75) is 32.3 Å². The van der Waals surface area contributed by atoms with Gasteiger partial charge in [-0.3, -0.25) is 9.69 Å². The summed E-state index contributed by atoms with van der Waals surface area (Å²) in [7, 11) is 0. The lowest BCUT2D eigenvalue weighted by atomic mass is 9.99. The second kappa shape index (κ2) is 8.08. The Morgan fingerprint density at radius 2 is 1.92 bits per heavy atom. The first-order valence-electron chi connectivity index (χ1n) is 8.99. The highest BCUT2D eigenvalue weighted by atomic mass is 19.1. The van der Waals surface area contributed by atoms with Gasteiger partial charge in [0.25, 0.3) is 0 Å². The Labute approximate surface area is 143 Å². The Balaban J connectivity index is 1.47. The second-order valence-electron chi connectivity index (χ2n) is 7.02. The molecule has 0 N–H and O–H groups in total. The maximum absolute atomic E-state index is 13.0. The maximum atomic E-state index is 13.0. The number of likely N-dealkylation sites (tertiary alicyclic amines) is 1. The van der Waals surface area contributed by atoms with Crippen LogP contribution in [-0.4, -0.2) is 55.0 Å². The Morgan fingerprint density at radius 1 is 1.21 bits per heavy atom. The van der Waals surface area contributed by atoms with Gasteiger partial charge in [0.1, 0.15) is 5.82 Å². The van der Waals surface area contributed by atoms with Crippen molar-refractivity contribution in [3.8, 4) is 0 Å². The first-order valence-corrected chi connectivity index (χ1v) is 8.99. The van der Waals surface area contributed by atoms with Gasteiger partial charge in [0.05, 0.1) is 12.7 Å². The van der Waals surface area contributed by atoms with E-state index < -0.39 is 0 Å². The maximum Gasteiger partial charge on any atom is 0.223 e. The number of rotatable bonds is 4. The van der Waals surface area contributed by atoms with Crippen LogP contribution in [0.2, 0.25) is 0 Å². The average molecular weight is 334 g/mol. The summed E-state index contributed by atoms with van der Waals surface area (Å²) in [6.45, 7) is 7.09. The summed E-state index contributed by atoms with van der Waals surface area (Å²) < 4.78 is 18.9. The van der Waals surface area contributed by atoms with Crippen molar-refractivity contribution in [2.24, 2.45) is 5.92 Å². The number of piperidine rings is 1. The predicted octanol–water partition coefficient (Wildman–Crippen LogP) is 2.85. The first-order chi connectivity index (χ1) is 11.6. The van der Waals surface area contributed by atoms with Crippen molar-refractivity contribution in [1.29, 1.82) is 0 Å². The highest BCUT2D eigenvalue weighted by Crippen LogP contribution is 2.23. The highest BCUT2D eigenvalue weighted by molar-refractivity contribution is 5.76. The molecule has 24 heavy (non-hydrogen) atoms. The Bertz CT molecular complexity index is 541. The molecule has 0 saturated carbocycles. The van der Waals surface area contributed by atoms with Gasteiger partial charge >= 0.3 is 0 Å². The number of carbonyl (C=O) groups excluding carboxylic acids is 1. The topological polar surface area (TPSA) is 32.8 Å². The summed E-state index contributed by atoms with van der Waals surface area (Å²) in [5.41, 5.74) is 0.998.